The van der Waals surface area contributed by atoms with Crippen LogP contribution in [0.1, 0.15) is 32.1 Å². The summed E-state index contributed by atoms with van der Waals surface area (Å²) in [5, 5.41) is 0.711. The van der Waals surface area contributed by atoms with Crippen LogP contribution in [0.3, 0.4) is 0 Å². The van der Waals surface area contributed by atoms with Crippen molar-refractivity contribution in [3.63, 3.8) is 0 Å². The van der Waals surface area contributed by atoms with Crippen molar-refractivity contribution in [2.75, 3.05) is 26.2 Å². The molecule has 4 rings (SSSR count). The van der Waals surface area contributed by atoms with Gasteiger partial charge in [0.15, 0.2) is 0 Å². The summed E-state index contributed by atoms with van der Waals surface area (Å²) in [7, 11) is 0. The van der Waals surface area contributed by atoms with Crippen LogP contribution in [0.25, 0.3) is 10.1 Å². The standard InChI is InChI=1S/C19H25N3O2S/c23-18(14-22-19(24)16-8-4-5-9-17(16)25-22)21-12-10-20(11-13-21)15-6-2-1-3-7-15/h4-5,8-9,15H,1-3,6-7,10-14H2. The molecule has 1 amide bonds. The van der Waals surface area contributed by atoms with Crippen LogP contribution in [0.4, 0.5) is 0 Å². The molecular formula is C19H25N3O2S. The normalized spacial score (nSPS) is 20.2. The van der Waals surface area contributed by atoms with Gasteiger partial charge in [-0.1, -0.05) is 42.9 Å². The first-order valence-corrected chi connectivity index (χ1v) is 10.1. The summed E-state index contributed by atoms with van der Waals surface area (Å²) in [6.45, 7) is 3.68. The number of benzene rings is 1. The fourth-order valence-electron chi connectivity index (χ4n) is 4.13. The molecule has 1 aromatic carbocycles. The van der Waals surface area contributed by atoms with E-state index in [1.807, 2.05) is 29.2 Å². The van der Waals surface area contributed by atoms with E-state index in [2.05, 4.69) is 4.90 Å². The van der Waals surface area contributed by atoms with Crippen molar-refractivity contribution in [3.05, 3.63) is 34.6 Å². The van der Waals surface area contributed by atoms with Gasteiger partial charge in [0.25, 0.3) is 5.56 Å². The minimum absolute atomic E-state index is 0.0465. The van der Waals surface area contributed by atoms with E-state index in [1.165, 1.54) is 43.6 Å². The van der Waals surface area contributed by atoms with Crippen molar-refractivity contribution in [1.82, 2.24) is 13.8 Å². The first kappa shape index (κ1) is 16.8. The fourth-order valence-corrected chi connectivity index (χ4v) is 5.11. The molecule has 2 aromatic rings. The minimum atomic E-state index is -0.0465. The monoisotopic (exact) mass is 359 g/mol. The Morgan fingerprint density at radius 3 is 2.48 bits per heavy atom. The van der Waals surface area contributed by atoms with E-state index >= 15 is 0 Å². The molecule has 0 radical (unpaired) electrons. The highest BCUT2D eigenvalue weighted by atomic mass is 32.1. The molecule has 0 atom stereocenters. The Labute approximate surface area is 152 Å². The van der Waals surface area contributed by atoms with Gasteiger partial charge in [0.2, 0.25) is 5.91 Å². The predicted octanol–water partition coefficient (Wildman–Crippen LogP) is 2.54. The van der Waals surface area contributed by atoms with Crippen LogP contribution >= 0.6 is 11.5 Å². The molecule has 6 heteroatoms. The second-order valence-corrected chi connectivity index (χ2v) is 8.20. The molecule has 1 aromatic heterocycles. The van der Waals surface area contributed by atoms with Crippen LogP contribution < -0.4 is 5.56 Å². The molecule has 1 aliphatic carbocycles. The molecule has 5 nitrogen and oxygen atoms in total. The SMILES string of the molecule is O=C(Cn1sc2ccccc2c1=O)N1CCN(C2CCCCC2)CC1. The molecule has 1 aliphatic heterocycles. The van der Waals surface area contributed by atoms with Gasteiger partial charge >= 0.3 is 0 Å². The molecular weight excluding hydrogens is 334 g/mol. The van der Waals surface area contributed by atoms with Crippen molar-refractivity contribution < 1.29 is 4.79 Å². The Bertz CT molecular complexity index is 798. The number of amides is 1. The topological polar surface area (TPSA) is 45.6 Å². The van der Waals surface area contributed by atoms with Gasteiger partial charge in [-0.2, -0.15) is 0 Å². The highest BCUT2D eigenvalue weighted by molar-refractivity contribution is 7.13. The summed E-state index contributed by atoms with van der Waals surface area (Å²) < 4.78 is 2.54. The summed E-state index contributed by atoms with van der Waals surface area (Å²) >= 11 is 1.39. The smallest absolute Gasteiger partial charge is 0.268 e. The second kappa shape index (κ2) is 7.30. The van der Waals surface area contributed by atoms with Gasteiger partial charge in [-0.3, -0.25) is 18.4 Å². The van der Waals surface area contributed by atoms with Crippen LogP contribution in [0.5, 0.6) is 0 Å². The zero-order chi connectivity index (χ0) is 17.2. The maximum atomic E-state index is 12.6. The van der Waals surface area contributed by atoms with Crippen LogP contribution in [0.2, 0.25) is 0 Å². The molecule has 25 heavy (non-hydrogen) atoms. The lowest BCUT2D eigenvalue weighted by atomic mass is 9.94. The Kier molecular flexibility index (Phi) is 4.90. The van der Waals surface area contributed by atoms with Crippen LogP contribution in [-0.2, 0) is 11.3 Å². The number of fused-ring (bicyclic) bond motifs is 1. The van der Waals surface area contributed by atoms with E-state index in [4.69, 9.17) is 0 Å². The third kappa shape index (κ3) is 3.51. The molecule has 0 unspecified atom stereocenters. The van der Waals surface area contributed by atoms with E-state index in [0.29, 0.717) is 5.39 Å². The van der Waals surface area contributed by atoms with E-state index in [-0.39, 0.29) is 18.0 Å². The summed E-state index contributed by atoms with van der Waals surface area (Å²) in [5.41, 5.74) is -0.0465. The average molecular weight is 359 g/mol. The molecule has 1 saturated heterocycles. The summed E-state index contributed by atoms with van der Waals surface area (Å²) in [6.07, 6.45) is 6.69. The first-order chi connectivity index (χ1) is 12.2. The Balaban J connectivity index is 1.37. The maximum Gasteiger partial charge on any atom is 0.268 e. The number of nitrogens with zero attached hydrogens (tertiary/aromatic N) is 3. The zero-order valence-corrected chi connectivity index (χ0v) is 15.3. The number of carbonyl (C=O) groups is 1. The molecule has 2 aliphatic rings. The Morgan fingerprint density at radius 2 is 1.76 bits per heavy atom. The highest BCUT2D eigenvalue weighted by Crippen LogP contribution is 2.23. The number of aromatic nitrogens is 1. The highest BCUT2D eigenvalue weighted by Gasteiger charge is 2.27. The maximum absolute atomic E-state index is 12.6. The minimum Gasteiger partial charge on any atom is -0.339 e. The van der Waals surface area contributed by atoms with E-state index in [0.717, 1.165) is 36.9 Å². The van der Waals surface area contributed by atoms with Crippen molar-refractivity contribution in [2.24, 2.45) is 0 Å². The number of carbonyl (C=O) groups excluding carboxylic acids is 1. The third-order valence-electron chi connectivity index (χ3n) is 5.59. The molecule has 0 bridgehead atoms. The second-order valence-electron chi connectivity index (χ2n) is 7.14. The number of piperazine rings is 1. The van der Waals surface area contributed by atoms with Crippen molar-refractivity contribution in [1.29, 1.82) is 0 Å². The predicted molar refractivity (Wildman–Crippen MR) is 101 cm³/mol. The number of hydrogen-bond donors (Lipinski definition) is 0. The average Bonchev–Trinajstić information content (AvgIpc) is 2.98. The van der Waals surface area contributed by atoms with Crippen molar-refractivity contribution >= 4 is 27.5 Å². The van der Waals surface area contributed by atoms with Crippen LogP contribution in [0.15, 0.2) is 29.1 Å². The van der Waals surface area contributed by atoms with Gasteiger partial charge in [0.1, 0.15) is 6.54 Å². The van der Waals surface area contributed by atoms with Gasteiger partial charge < -0.3 is 4.90 Å². The summed E-state index contributed by atoms with van der Waals surface area (Å²) in [4.78, 5) is 29.5. The first-order valence-electron chi connectivity index (χ1n) is 9.33. The molecule has 0 N–H and O–H groups in total. The van der Waals surface area contributed by atoms with Gasteiger partial charge in [-0.05, 0) is 25.0 Å². The van der Waals surface area contributed by atoms with Crippen molar-refractivity contribution in [3.8, 4) is 0 Å². The quantitative estimate of drug-likeness (QED) is 0.846. The number of hydrogen-bond acceptors (Lipinski definition) is 4. The van der Waals surface area contributed by atoms with Crippen LogP contribution in [-0.4, -0.2) is 51.9 Å². The van der Waals surface area contributed by atoms with E-state index in [1.54, 1.807) is 3.96 Å². The van der Waals surface area contributed by atoms with Gasteiger partial charge in [0.05, 0.1) is 10.1 Å². The molecule has 134 valence electrons. The Hall–Kier alpha value is -1.66. The molecule has 2 fully saturated rings. The van der Waals surface area contributed by atoms with E-state index < -0.39 is 0 Å². The van der Waals surface area contributed by atoms with Crippen LogP contribution in [0, 0.1) is 0 Å². The van der Waals surface area contributed by atoms with Gasteiger partial charge in [-0.25, -0.2) is 0 Å². The molecule has 1 saturated carbocycles. The summed E-state index contributed by atoms with van der Waals surface area (Å²) in [5.74, 6) is 0.0666. The lowest BCUT2D eigenvalue weighted by molar-refractivity contribution is -0.133. The molecule has 2 heterocycles. The fraction of sp³-hybridized carbons (Fsp3) is 0.579. The van der Waals surface area contributed by atoms with Gasteiger partial charge in [0, 0.05) is 32.2 Å². The van der Waals surface area contributed by atoms with Crippen molar-refractivity contribution in [2.45, 2.75) is 44.7 Å². The zero-order valence-electron chi connectivity index (χ0n) is 14.5. The largest absolute Gasteiger partial charge is 0.339 e. The van der Waals surface area contributed by atoms with Gasteiger partial charge in [-0.15, -0.1) is 0 Å². The van der Waals surface area contributed by atoms with E-state index in [9.17, 15) is 9.59 Å². The lowest BCUT2D eigenvalue weighted by Gasteiger charge is -2.40. The summed E-state index contributed by atoms with van der Waals surface area (Å²) in [6, 6.07) is 8.28. The third-order valence-corrected chi connectivity index (χ3v) is 6.66. The lowest BCUT2D eigenvalue weighted by Crippen LogP contribution is -2.53. The molecule has 0 spiro atoms. The Morgan fingerprint density at radius 1 is 1.04 bits per heavy atom. The number of rotatable bonds is 3.